The van der Waals surface area contributed by atoms with Gasteiger partial charge in [-0.1, -0.05) is 0 Å². The SMILES string of the molecule is CC(C)(C)OC(=O)N1C(=O)CCC12CCC(=O)CC2.CC(C)(C)OC(=O)OC(=O)OC(C)(C)C.O=C1CCC2(CC1)CCC(=O)N2. The zero-order valence-electron chi connectivity index (χ0n) is 28.9. The Kier molecular flexibility index (Phi) is 12.6. The summed E-state index contributed by atoms with van der Waals surface area (Å²) in [5.41, 5.74) is -2.48. The average Bonchev–Trinajstić information content (AvgIpc) is 3.39. The largest absolute Gasteiger partial charge is 0.519 e. The zero-order valence-corrected chi connectivity index (χ0v) is 28.9. The van der Waals surface area contributed by atoms with Crippen LogP contribution in [0.3, 0.4) is 0 Å². The lowest BCUT2D eigenvalue weighted by molar-refractivity contribution is -0.133. The van der Waals surface area contributed by atoms with E-state index in [0.717, 1.165) is 19.3 Å². The second kappa shape index (κ2) is 14.9. The predicted molar refractivity (Wildman–Crippen MR) is 166 cm³/mol. The van der Waals surface area contributed by atoms with Crippen molar-refractivity contribution >= 4 is 41.8 Å². The van der Waals surface area contributed by atoms with Crippen LogP contribution >= 0.6 is 0 Å². The molecule has 0 bridgehead atoms. The molecule has 0 aromatic rings. The molecule has 13 nitrogen and oxygen atoms in total. The van der Waals surface area contributed by atoms with Crippen molar-refractivity contribution in [1.29, 1.82) is 0 Å². The van der Waals surface area contributed by atoms with Gasteiger partial charge in [0.1, 0.15) is 28.4 Å². The summed E-state index contributed by atoms with van der Waals surface area (Å²) in [5, 5.41) is 3.00. The maximum absolute atomic E-state index is 12.2. The van der Waals surface area contributed by atoms with Crippen molar-refractivity contribution in [3.05, 3.63) is 0 Å². The van der Waals surface area contributed by atoms with Crippen LogP contribution in [0.5, 0.6) is 0 Å². The van der Waals surface area contributed by atoms with Gasteiger partial charge in [0.05, 0.1) is 5.54 Å². The minimum Gasteiger partial charge on any atom is -0.443 e. The van der Waals surface area contributed by atoms with Crippen molar-refractivity contribution in [2.45, 2.75) is 167 Å². The van der Waals surface area contributed by atoms with Crippen LogP contribution in [-0.4, -0.2) is 74.6 Å². The van der Waals surface area contributed by atoms with Crippen LogP contribution in [0.25, 0.3) is 0 Å². The Hall–Kier alpha value is -3.51. The Morgan fingerprint density at radius 3 is 1.37 bits per heavy atom. The third-order valence-electron chi connectivity index (χ3n) is 7.79. The maximum atomic E-state index is 12.2. The highest BCUT2D eigenvalue weighted by molar-refractivity contribution is 5.95. The number of ketones is 2. The van der Waals surface area contributed by atoms with Crippen LogP contribution in [-0.2, 0) is 38.1 Å². The Balaban J connectivity index is 0.000000247. The van der Waals surface area contributed by atoms with E-state index in [-0.39, 0.29) is 23.1 Å². The number of imide groups is 1. The van der Waals surface area contributed by atoms with E-state index in [4.69, 9.17) is 14.2 Å². The second-order valence-corrected chi connectivity index (χ2v) is 15.4. The first kappa shape index (κ1) is 38.7. The van der Waals surface area contributed by atoms with Crippen molar-refractivity contribution in [3.63, 3.8) is 0 Å². The van der Waals surface area contributed by atoms with Gasteiger partial charge in [-0.05, 0) is 101 Å². The van der Waals surface area contributed by atoms with E-state index in [1.54, 1.807) is 62.3 Å². The molecular formula is C33H52N2O11. The molecule has 13 heteroatoms. The number of amides is 3. The van der Waals surface area contributed by atoms with Gasteiger partial charge in [-0.2, -0.15) is 0 Å². The quantitative estimate of drug-likeness (QED) is 0.183. The summed E-state index contributed by atoms with van der Waals surface area (Å²) in [4.78, 5) is 80.9. The molecule has 4 aliphatic rings. The first-order valence-corrected chi connectivity index (χ1v) is 16.0. The number of nitrogens with one attached hydrogen (secondary N) is 1. The standard InChI is InChI=1S/C14H21NO4.C10H18O5.C9H13NO2/c1-13(2,3)19-12(18)15-11(17)6-9-14(15)7-4-10(16)5-8-14;1-9(2,3)14-7(11)13-8(12)15-10(4,5)6;11-7-1-4-9(5-2-7)6-3-8(12)10-9/h4-9H2,1-3H3;1-6H3;1-6H2,(H,10,12). The second-order valence-electron chi connectivity index (χ2n) is 15.4. The van der Waals surface area contributed by atoms with E-state index < -0.39 is 40.7 Å². The Labute approximate surface area is 271 Å². The lowest BCUT2D eigenvalue weighted by Gasteiger charge is -2.40. The van der Waals surface area contributed by atoms with Crippen LogP contribution in [0, 0.1) is 0 Å². The van der Waals surface area contributed by atoms with Gasteiger partial charge < -0.3 is 24.3 Å². The number of Topliss-reactive ketones (excluding diaryl/α,β-unsaturated/α-hetero) is 2. The Bertz CT molecular complexity index is 1140. The molecule has 2 heterocycles. The first-order valence-electron chi connectivity index (χ1n) is 16.0. The van der Waals surface area contributed by atoms with E-state index in [9.17, 15) is 33.6 Å². The van der Waals surface area contributed by atoms with E-state index in [2.05, 4.69) is 10.1 Å². The number of rotatable bonds is 0. The van der Waals surface area contributed by atoms with E-state index in [1.165, 1.54) is 4.90 Å². The van der Waals surface area contributed by atoms with Crippen molar-refractivity contribution < 1.29 is 52.5 Å². The molecule has 0 radical (unpaired) electrons. The molecule has 2 aliphatic carbocycles. The van der Waals surface area contributed by atoms with Gasteiger partial charge in [0.2, 0.25) is 11.8 Å². The molecule has 2 aliphatic heterocycles. The summed E-state index contributed by atoms with van der Waals surface area (Å²) in [6.45, 7) is 15.4. The third-order valence-corrected chi connectivity index (χ3v) is 7.79. The Morgan fingerprint density at radius 1 is 0.587 bits per heavy atom. The summed E-state index contributed by atoms with van der Waals surface area (Å²) in [5.74, 6) is 0.545. The highest BCUT2D eigenvalue weighted by atomic mass is 16.8. The lowest BCUT2D eigenvalue weighted by Crippen LogP contribution is -2.52. The fourth-order valence-corrected chi connectivity index (χ4v) is 5.66. The number of carbonyl (C=O) groups is 7. The molecule has 2 saturated carbocycles. The normalized spacial score (nSPS) is 20.6. The molecule has 0 aromatic heterocycles. The van der Waals surface area contributed by atoms with Crippen molar-refractivity contribution in [1.82, 2.24) is 10.2 Å². The van der Waals surface area contributed by atoms with Crippen LogP contribution in [0.2, 0.25) is 0 Å². The van der Waals surface area contributed by atoms with Crippen molar-refractivity contribution in [2.75, 3.05) is 0 Å². The summed E-state index contributed by atoms with van der Waals surface area (Å²) >= 11 is 0. The van der Waals surface area contributed by atoms with Gasteiger partial charge in [0.15, 0.2) is 0 Å². The highest BCUT2D eigenvalue weighted by Crippen LogP contribution is 2.42. The molecule has 46 heavy (non-hydrogen) atoms. The van der Waals surface area contributed by atoms with E-state index >= 15 is 0 Å². The van der Waals surface area contributed by atoms with Crippen LogP contribution in [0.4, 0.5) is 14.4 Å². The molecule has 260 valence electrons. The summed E-state index contributed by atoms with van der Waals surface area (Å²) in [7, 11) is 0. The van der Waals surface area contributed by atoms with E-state index in [0.29, 0.717) is 63.6 Å². The van der Waals surface area contributed by atoms with Crippen LogP contribution in [0.15, 0.2) is 0 Å². The number of hydrogen-bond donors (Lipinski definition) is 1. The number of nitrogens with zero attached hydrogens (tertiary/aromatic N) is 1. The molecule has 0 atom stereocenters. The van der Waals surface area contributed by atoms with Crippen LogP contribution < -0.4 is 5.32 Å². The smallest absolute Gasteiger partial charge is 0.443 e. The summed E-state index contributed by atoms with van der Waals surface area (Å²) in [6, 6.07) is 0. The molecule has 1 N–H and O–H groups in total. The molecule has 4 rings (SSSR count). The first-order chi connectivity index (χ1) is 20.9. The van der Waals surface area contributed by atoms with Gasteiger partial charge in [-0.25, -0.2) is 19.3 Å². The minimum atomic E-state index is -1.06. The monoisotopic (exact) mass is 652 g/mol. The van der Waals surface area contributed by atoms with E-state index in [1.807, 2.05) is 0 Å². The van der Waals surface area contributed by atoms with Crippen LogP contribution in [0.1, 0.15) is 139 Å². The van der Waals surface area contributed by atoms with Crippen molar-refractivity contribution in [2.24, 2.45) is 0 Å². The molecule has 0 aromatic carbocycles. The molecular weight excluding hydrogens is 600 g/mol. The lowest BCUT2D eigenvalue weighted by atomic mass is 9.79. The number of hydrogen-bond acceptors (Lipinski definition) is 11. The summed E-state index contributed by atoms with van der Waals surface area (Å²) in [6.07, 6.45) is 5.00. The number of carbonyl (C=O) groups excluding carboxylic acids is 7. The topological polar surface area (TPSA) is 172 Å². The summed E-state index contributed by atoms with van der Waals surface area (Å²) < 4.78 is 19.1. The Morgan fingerprint density at radius 2 is 0.978 bits per heavy atom. The molecule has 4 fully saturated rings. The molecule has 2 saturated heterocycles. The van der Waals surface area contributed by atoms with Gasteiger partial charge in [0, 0.05) is 44.1 Å². The molecule has 0 unspecified atom stereocenters. The fourth-order valence-electron chi connectivity index (χ4n) is 5.66. The predicted octanol–water partition coefficient (Wildman–Crippen LogP) is 6.08. The highest BCUT2D eigenvalue weighted by Gasteiger charge is 2.51. The molecule has 3 amide bonds. The maximum Gasteiger partial charge on any atom is 0.519 e. The van der Waals surface area contributed by atoms with Gasteiger partial charge in [0.25, 0.3) is 0 Å². The van der Waals surface area contributed by atoms with Gasteiger partial charge in [-0.15, -0.1) is 0 Å². The minimum absolute atomic E-state index is 0.00495. The molecule has 2 spiro atoms. The third kappa shape index (κ3) is 12.7. The zero-order chi connectivity index (χ0) is 35.1. The fraction of sp³-hybridized carbons (Fsp3) is 0.788. The average molecular weight is 653 g/mol. The number of likely N-dealkylation sites (tertiary alicyclic amines) is 1. The van der Waals surface area contributed by atoms with Gasteiger partial charge in [-0.3, -0.25) is 19.2 Å². The van der Waals surface area contributed by atoms with Gasteiger partial charge >= 0.3 is 18.4 Å². The van der Waals surface area contributed by atoms with Crippen molar-refractivity contribution in [3.8, 4) is 0 Å². The number of ether oxygens (including phenoxy) is 4.